The maximum absolute atomic E-state index is 12.0. The first kappa shape index (κ1) is 14.6. The van der Waals surface area contributed by atoms with E-state index in [4.69, 9.17) is 15.3 Å². The number of primary amides is 1. The lowest BCUT2D eigenvalue weighted by molar-refractivity contribution is -0.140. The second-order valence-corrected chi connectivity index (χ2v) is 4.69. The first-order valence-electron chi connectivity index (χ1n) is 6.19. The molecule has 4 N–H and O–H groups in total. The normalized spacial score (nSPS) is 12.0. The van der Waals surface area contributed by atoms with Crippen molar-refractivity contribution in [1.82, 2.24) is 5.32 Å². The molecule has 0 radical (unpaired) electrons. The van der Waals surface area contributed by atoms with Crippen molar-refractivity contribution in [3.8, 4) is 0 Å². The van der Waals surface area contributed by atoms with Gasteiger partial charge in [0.25, 0.3) is 5.91 Å². The van der Waals surface area contributed by atoms with Crippen LogP contribution in [-0.2, 0) is 9.59 Å². The Labute approximate surface area is 119 Å². The van der Waals surface area contributed by atoms with Crippen LogP contribution in [0.25, 0.3) is 11.0 Å². The highest BCUT2D eigenvalue weighted by molar-refractivity contribution is 5.98. The number of amides is 2. The summed E-state index contributed by atoms with van der Waals surface area (Å²) in [5.74, 6) is -2.89. The van der Waals surface area contributed by atoms with Crippen LogP contribution >= 0.6 is 0 Å². The number of rotatable bonds is 5. The van der Waals surface area contributed by atoms with Gasteiger partial charge >= 0.3 is 5.97 Å². The van der Waals surface area contributed by atoms with E-state index in [0.29, 0.717) is 5.58 Å². The molecule has 0 spiro atoms. The molecule has 7 nitrogen and oxygen atoms in total. The topological polar surface area (TPSA) is 123 Å². The van der Waals surface area contributed by atoms with Crippen LogP contribution in [0.1, 0.15) is 22.5 Å². The van der Waals surface area contributed by atoms with Crippen molar-refractivity contribution in [3.63, 3.8) is 0 Å². The molecule has 0 unspecified atom stereocenters. The summed E-state index contributed by atoms with van der Waals surface area (Å²) in [4.78, 5) is 33.7. The van der Waals surface area contributed by atoms with Crippen molar-refractivity contribution >= 4 is 28.8 Å². The van der Waals surface area contributed by atoms with Gasteiger partial charge in [0, 0.05) is 5.39 Å². The predicted molar refractivity (Wildman–Crippen MR) is 73.7 cm³/mol. The molecule has 2 aromatic rings. The number of carbonyl (C=O) groups is 3. The SMILES string of the molecule is Cc1ccc2oc(C(=O)N[C@H](CC(N)=O)C(=O)O)cc2c1. The van der Waals surface area contributed by atoms with Crippen LogP contribution in [0.3, 0.4) is 0 Å². The molecule has 110 valence electrons. The van der Waals surface area contributed by atoms with E-state index in [1.165, 1.54) is 6.07 Å². The van der Waals surface area contributed by atoms with Crippen LogP contribution in [0.2, 0.25) is 0 Å². The molecule has 1 heterocycles. The third-order valence-corrected chi connectivity index (χ3v) is 2.90. The molecule has 0 fully saturated rings. The summed E-state index contributed by atoms with van der Waals surface area (Å²) >= 11 is 0. The highest BCUT2D eigenvalue weighted by atomic mass is 16.4. The van der Waals surface area contributed by atoms with Gasteiger partial charge in [-0.05, 0) is 25.1 Å². The summed E-state index contributed by atoms with van der Waals surface area (Å²) in [5.41, 5.74) is 6.47. The Hall–Kier alpha value is -2.83. The van der Waals surface area contributed by atoms with Crippen molar-refractivity contribution in [2.75, 3.05) is 0 Å². The Bertz CT molecular complexity index is 719. The molecule has 7 heteroatoms. The van der Waals surface area contributed by atoms with Gasteiger partial charge in [-0.25, -0.2) is 4.79 Å². The summed E-state index contributed by atoms with van der Waals surface area (Å²) in [6.07, 6.45) is -0.486. The predicted octanol–water partition coefficient (Wildman–Crippen LogP) is 0.800. The zero-order valence-electron chi connectivity index (χ0n) is 11.3. The van der Waals surface area contributed by atoms with Gasteiger partial charge in [-0.1, -0.05) is 11.6 Å². The average molecular weight is 290 g/mol. The zero-order valence-corrected chi connectivity index (χ0v) is 11.3. The van der Waals surface area contributed by atoms with Gasteiger partial charge in [0.2, 0.25) is 5.91 Å². The molecule has 2 amide bonds. The summed E-state index contributed by atoms with van der Waals surface area (Å²) in [5, 5.41) is 11.9. The number of nitrogens with one attached hydrogen (secondary N) is 1. The molecule has 21 heavy (non-hydrogen) atoms. The first-order valence-corrected chi connectivity index (χ1v) is 6.19. The Morgan fingerprint density at radius 3 is 2.67 bits per heavy atom. The number of carboxylic acid groups (broad SMARTS) is 1. The molecule has 2 rings (SSSR count). The molecule has 1 aromatic heterocycles. The van der Waals surface area contributed by atoms with Crippen LogP contribution in [0.15, 0.2) is 28.7 Å². The van der Waals surface area contributed by atoms with Crippen molar-refractivity contribution < 1.29 is 23.9 Å². The number of nitrogens with two attached hydrogens (primary N) is 1. The van der Waals surface area contributed by atoms with E-state index in [1.807, 2.05) is 19.1 Å². The minimum atomic E-state index is -1.38. The van der Waals surface area contributed by atoms with E-state index in [0.717, 1.165) is 10.9 Å². The third kappa shape index (κ3) is 3.38. The minimum Gasteiger partial charge on any atom is -0.480 e. The summed E-state index contributed by atoms with van der Waals surface area (Å²) in [7, 11) is 0. The van der Waals surface area contributed by atoms with Crippen molar-refractivity contribution in [1.29, 1.82) is 0 Å². The van der Waals surface area contributed by atoms with Gasteiger partial charge in [-0.15, -0.1) is 0 Å². The standard InChI is InChI=1S/C14H14N2O5/c1-7-2-3-10-8(4-7)5-11(21-10)13(18)16-9(14(19)20)6-12(15)17/h2-5,9H,6H2,1H3,(H2,15,17)(H,16,18)(H,19,20)/t9-/m1/s1. The number of fused-ring (bicyclic) bond motifs is 1. The Kier molecular flexibility index (Phi) is 3.93. The fraction of sp³-hybridized carbons (Fsp3) is 0.214. The number of carbonyl (C=O) groups excluding carboxylic acids is 2. The second-order valence-electron chi connectivity index (χ2n) is 4.69. The number of benzene rings is 1. The number of hydrogen-bond donors (Lipinski definition) is 3. The number of hydrogen-bond acceptors (Lipinski definition) is 4. The third-order valence-electron chi connectivity index (χ3n) is 2.90. The van der Waals surface area contributed by atoms with Crippen molar-refractivity contribution in [3.05, 3.63) is 35.6 Å². The zero-order chi connectivity index (χ0) is 15.6. The Balaban J connectivity index is 2.20. The van der Waals surface area contributed by atoms with Gasteiger partial charge in [0.15, 0.2) is 5.76 Å². The quantitative estimate of drug-likeness (QED) is 0.751. The molecular weight excluding hydrogens is 276 g/mol. The molecule has 1 atom stereocenters. The lowest BCUT2D eigenvalue weighted by Gasteiger charge is -2.11. The van der Waals surface area contributed by atoms with Crippen LogP contribution < -0.4 is 11.1 Å². The smallest absolute Gasteiger partial charge is 0.326 e. The first-order chi connectivity index (χ1) is 9.86. The van der Waals surface area contributed by atoms with E-state index in [2.05, 4.69) is 5.32 Å². The summed E-state index contributed by atoms with van der Waals surface area (Å²) < 4.78 is 5.35. The van der Waals surface area contributed by atoms with Gasteiger partial charge in [0.05, 0.1) is 6.42 Å². The second kappa shape index (κ2) is 5.66. The van der Waals surface area contributed by atoms with Gasteiger partial charge in [-0.2, -0.15) is 0 Å². The largest absolute Gasteiger partial charge is 0.480 e. The lowest BCUT2D eigenvalue weighted by Crippen LogP contribution is -2.43. The van der Waals surface area contributed by atoms with E-state index in [-0.39, 0.29) is 5.76 Å². The monoisotopic (exact) mass is 290 g/mol. The van der Waals surface area contributed by atoms with E-state index < -0.39 is 30.2 Å². The molecule has 0 bridgehead atoms. The number of furan rings is 1. The fourth-order valence-corrected chi connectivity index (χ4v) is 1.91. The van der Waals surface area contributed by atoms with E-state index in [9.17, 15) is 14.4 Å². The van der Waals surface area contributed by atoms with Crippen LogP contribution in [0.5, 0.6) is 0 Å². The summed E-state index contributed by atoms with van der Waals surface area (Å²) in [6, 6.07) is 5.53. The highest BCUT2D eigenvalue weighted by Gasteiger charge is 2.24. The van der Waals surface area contributed by atoms with E-state index >= 15 is 0 Å². The molecular formula is C14H14N2O5. The molecule has 0 aliphatic heterocycles. The van der Waals surface area contributed by atoms with Gasteiger partial charge < -0.3 is 20.6 Å². The number of carboxylic acids is 1. The summed E-state index contributed by atoms with van der Waals surface area (Å²) in [6.45, 7) is 1.90. The van der Waals surface area contributed by atoms with Crippen molar-refractivity contribution in [2.45, 2.75) is 19.4 Å². The molecule has 0 aliphatic rings. The number of aryl methyl sites for hydroxylation is 1. The van der Waals surface area contributed by atoms with Gasteiger partial charge in [0.1, 0.15) is 11.6 Å². The Morgan fingerprint density at radius 1 is 1.33 bits per heavy atom. The molecule has 0 saturated heterocycles. The Morgan fingerprint density at radius 2 is 2.05 bits per heavy atom. The maximum Gasteiger partial charge on any atom is 0.326 e. The average Bonchev–Trinajstić information content (AvgIpc) is 2.80. The lowest BCUT2D eigenvalue weighted by atomic mass is 10.2. The molecule has 0 saturated carbocycles. The van der Waals surface area contributed by atoms with Crippen LogP contribution in [-0.4, -0.2) is 28.9 Å². The van der Waals surface area contributed by atoms with Crippen LogP contribution in [0.4, 0.5) is 0 Å². The highest BCUT2D eigenvalue weighted by Crippen LogP contribution is 2.20. The maximum atomic E-state index is 12.0. The minimum absolute atomic E-state index is 0.0219. The van der Waals surface area contributed by atoms with Crippen LogP contribution in [0, 0.1) is 6.92 Å². The fourth-order valence-electron chi connectivity index (χ4n) is 1.91. The van der Waals surface area contributed by atoms with Gasteiger partial charge in [-0.3, -0.25) is 9.59 Å². The molecule has 0 aliphatic carbocycles. The van der Waals surface area contributed by atoms with E-state index in [1.54, 1.807) is 6.07 Å². The molecule has 1 aromatic carbocycles. The van der Waals surface area contributed by atoms with Crippen molar-refractivity contribution in [2.24, 2.45) is 5.73 Å². The number of aliphatic carboxylic acids is 1.